The lowest BCUT2D eigenvalue weighted by atomic mass is 9.70. The molecule has 3 amide bonds. The van der Waals surface area contributed by atoms with Gasteiger partial charge in [0.15, 0.2) is 0 Å². The van der Waals surface area contributed by atoms with Crippen LogP contribution in [0.1, 0.15) is 40.0 Å². The highest BCUT2D eigenvalue weighted by Crippen LogP contribution is 2.59. The lowest BCUT2D eigenvalue weighted by Gasteiger charge is -2.37. The molecule has 2 unspecified atom stereocenters. The maximum Gasteiger partial charge on any atom is 0.250 e. The van der Waals surface area contributed by atoms with E-state index in [-0.39, 0.29) is 24.3 Å². The van der Waals surface area contributed by atoms with Gasteiger partial charge in [-0.25, -0.2) is 0 Å². The van der Waals surface area contributed by atoms with Gasteiger partial charge in [0.25, 0.3) is 0 Å². The van der Waals surface area contributed by atoms with Crippen molar-refractivity contribution in [1.29, 1.82) is 0 Å². The Morgan fingerprint density at radius 1 is 1.15 bits per heavy atom. The summed E-state index contributed by atoms with van der Waals surface area (Å²) in [6.07, 6.45) is 1.00. The van der Waals surface area contributed by atoms with Crippen LogP contribution in [-0.4, -0.2) is 64.7 Å². The molecule has 0 saturated carbocycles. The normalized spacial score (nSPS) is 27.6. The van der Waals surface area contributed by atoms with Crippen molar-refractivity contribution in [2.24, 2.45) is 17.8 Å². The molecule has 2 aromatic carbocycles. The SMILES string of the molecule is CCOc1ccc(NC(=O)[C@@H]2[C@H]3C(=O)N([C@@H](CO)CC(C)C)C(C(=O)Nc4ccccc4Cl)C34CC[C@H]2O4)cc1. The molecule has 2 bridgehead atoms. The number of hydrogen-bond donors (Lipinski definition) is 3. The first-order valence-electron chi connectivity index (χ1n) is 13.9. The largest absolute Gasteiger partial charge is 0.494 e. The number of likely N-dealkylation sites (tertiary alicyclic amines) is 1. The lowest BCUT2D eigenvalue weighted by Crippen LogP contribution is -2.56. The minimum absolute atomic E-state index is 0.158. The summed E-state index contributed by atoms with van der Waals surface area (Å²) >= 11 is 6.33. The number of nitrogens with zero attached hydrogens (tertiary/aromatic N) is 1. The fourth-order valence-corrected chi connectivity index (χ4v) is 6.88. The van der Waals surface area contributed by atoms with E-state index in [1.807, 2.05) is 20.8 Å². The van der Waals surface area contributed by atoms with Crippen LogP contribution in [0.3, 0.4) is 0 Å². The maximum atomic E-state index is 14.2. The van der Waals surface area contributed by atoms with Gasteiger partial charge in [-0.2, -0.15) is 0 Å². The number of fused-ring (bicyclic) bond motifs is 1. The molecule has 3 saturated heterocycles. The number of aliphatic hydroxyl groups is 1. The van der Waals surface area contributed by atoms with Crippen LogP contribution in [0, 0.1) is 17.8 Å². The van der Waals surface area contributed by atoms with Gasteiger partial charge in [-0.1, -0.05) is 37.6 Å². The molecule has 5 rings (SSSR count). The Labute approximate surface area is 239 Å². The molecule has 0 radical (unpaired) electrons. The van der Waals surface area contributed by atoms with Crippen LogP contribution in [0.25, 0.3) is 0 Å². The Hall–Kier alpha value is -3.14. The zero-order valence-corrected chi connectivity index (χ0v) is 23.7. The summed E-state index contributed by atoms with van der Waals surface area (Å²) in [5.41, 5.74) is -0.185. The van der Waals surface area contributed by atoms with Crippen molar-refractivity contribution in [3.05, 3.63) is 53.6 Å². The molecule has 3 aliphatic rings. The standard InChI is InChI=1S/C30H36ClN3O6/c1-4-39-20-11-9-18(10-12-20)32-27(36)24-23-13-14-30(40-23)25(24)29(38)34(19(16-35)15-17(2)3)26(30)28(37)33-22-8-6-5-7-21(22)31/h5-12,17,19,23-26,35H,4,13-16H2,1-3H3,(H,32,36)(H,33,37)/t19-,23-,24+,25+,26?,30?/m1/s1. The van der Waals surface area contributed by atoms with Gasteiger partial charge in [0, 0.05) is 5.69 Å². The summed E-state index contributed by atoms with van der Waals surface area (Å²) in [5, 5.41) is 16.6. The van der Waals surface area contributed by atoms with Gasteiger partial charge >= 0.3 is 0 Å². The van der Waals surface area contributed by atoms with E-state index in [1.54, 1.807) is 48.5 Å². The second kappa shape index (κ2) is 11.4. The van der Waals surface area contributed by atoms with Gasteiger partial charge in [-0.3, -0.25) is 14.4 Å². The molecule has 3 N–H and O–H groups in total. The number of hydrogen-bond acceptors (Lipinski definition) is 6. The zero-order chi connectivity index (χ0) is 28.6. The quantitative estimate of drug-likeness (QED) is 0.397. The van der Waals surface area contributed by atoms with Gasteiger partial charge in [-0.15, -0.1) is 0 Å². The van der Waals surface area contributed by atoms with Crippen molar-refractivity contribution in [1.82, 2.24) is 4.90 Å². The number of para-hydroxylation sites is 1. The van der Waals surface area contributed by atoms with E-state index in [4.69, 9.17) is 21.1 Å². The number of aliphatic hydroxyl groups excluding tert-OH is 1. The van der Waals surface area contributed by atoms with Crippen molar-refractivity contribution < 1.29 is 29.0 Å². The summed E-state index contributed by atoms with van der Waals surface area (Å²) in [4.78, 5) is 43.3. The number of carbonyl (C=O) groups excluding carboxylic acids is 3. The summed E-state index contributed by atoms with van der Waals surface area (Å²) in [6, 6.07) is 12.3. The van der Waals surface area contributed by atoms with E-state index in [9.17, 15) is 19.5 Å². The van der Waals surface area contributed by atoms with Crippen LogP contribution in [0.4, 0.5) is 11.4 Å². The fourth-order valence-electron chi connectivity index (χ4n) is 6.69. The molecular weight excluding hydrogens is 534 g/mol. The van der Waals surface area contributed by atoms with Crippen molar-refractivity contribution in [3.63, 3.8) is 0 Å². The number of anilines is 2. The van der Waals surface area contributed by atoms with Gasteiger partial charge in [-0.05, 0) is 68.5 Å². The molecule has 6 atom stereocenters. The van der Waals surface area contributed by atoms with E-state index in [1.165, 1.54) is 4.90 Å². The van der Waals surface area contributed by atoms with E-state index in [0.29, 0.717) is 48.0 Å². The summed E-state index contributed by atoms with van der Waals surface area (Å²) in [5.74, 6) is -1.88. The molecule has 10 heteroatoms. The lowest BCUT2D eigenvalue weighted by molar-refractivity contribution is -0.143. The molecular formula is C30H36ClN3O6. The Morgan fingerprint density at radius 2 is 1.88 bits per heavy atom. The van der Waals surface area contributed by atoms with Crippen LogP contribution < -0.4 is 15.4 Å². The number of nitrogens with one attached hydrogen (secondary N) is 2. The minimum atomic E-state index is -1.18. The third kappa shape index (κ3) is 4.95. The highest BCUT2D eigenvalue weighted by atomic mass is 35.5. The van der Waals surface area contributed by atoms with Gasteiger partial charge in [0.2, 0.25) is 17.7 Å². The third-order valence-corrected chi connectivity index (χ3v) is 8.53. The first-order valence-corrected chi connectivity index (χ1v) is 14.3. The molecule has 9 nitrogen and oxygen atoms in total. The smallest absolute Gasteiger partial charge is 0.250 e. The summed E-state index contributed by atoms with van der Waals surface area (Å²) in [6.45, 7) is 6.11. The molecule has 1 spiro atoms. The van der Waals surface area contributed by atoms with Crippen LogP contribution in [-0.2, 0) is 19.1 Å². The second-order valence-electron chi connectivity index (χ2n) is 11.2. The van der Waals surface area contributed by atoms with E-state index < -0.39 is 41.5 Å². The third-order valence-electron chi connectivity index (χ3n) is 8.20. The number of benzene rings is 2. The molecule has 40 heavy (non-hydrogen) atoms. The van der Waals surface area contributed by atoms with Crippen LogP contribution in [0.5, 0.6) is 5.75 Å². The molecule has 0 aromatic heterocycles. The van der Waals surface area contributed by atoms with Gasteiger partial charge in [0.05, 0.1) is 47.9 Å². The van der Waals surface area contributed by atoms with Crippen molar-refractivity contribution >= 4 is 40.7 Å². The maximum absolute atomic E-state index is 14.2. The Balaban J connectivity index is 1.47. The Bertz CT molecular complexity index is 1270. The number of rotatable bonds is 10. The van der Waals surface area contributed by atoms with Crippen LogP contribution >= 0.6 is 11.6 Å². The summed E-state index contributed by atoms with van der Waals surface area (Å²) < 4.78 is 12.0. The van der Waals surface area contributed by atoms with Gasteiger partial charge < -0.3 is 30.1 Å². The first-order chi connectivity index (χ1) is 19.2. The monoisotopic (exact) mass is 569 g/mol. The van der Waals surface area contributed by atoms with Crippen molar-refractivity contribution in [2.75, 3.05) is 23.8 Å². The van der Waals surface area contributed by atoms with Gasteiger partial charge in [0.1, 0.15) is 17.4 Å². The number of amides is 3. The summed E-state index contributed by atoms with van der Waals surface area (Å²) in [7, 11) is 0. The molecule has 2 aromatic rings. The number of halogens is 1. The van der Waals surface area contributed by atoms with Crippen molar-refractivity contribution in [3.8, 4) is 5.75 Å². The second-order valence-corrected chi connectivity index (χ2v) is 11.6. The average Bonchev–Trinajstić information content (AvgIpc) is 3.57. The number of ether oxygens (including phenoxy) is 2. The van der Waals surface area contributed by atoms with E-state index in [2.05, 4.69) is 10.6 Å². The predicted octanol–water partition coefficient (Wildman–Crippen LogP) is 4.10. The molecule has 3 heterocycles. The average molecular weight is 570 g/mol. The molecule has 3 fully saturated rings. The number of carbonyl (C=O) groups is 3. The Morgan fingerprint density at radius 3 is 2.52 bits per heavy atom. The van der Waals surface area contributed by atoms with Crippen molar-refractivity contribution in [2.45, 2.75) is 63.8 Å². The minimum Gasteiger partial charge on any atom is -0.494 e. The van der Waals surface area contributed by atoms with E-state index in [0.717, 1.165) is 0 Å². The van der Waals surface area contributed by atoms with Crippen LogP contribution in [0.2, 0.25) is 5.02 Å². The van der Waals surface area contributed by atoms with E-state index >= 15 is 0 Å². The molecule has 0 aliphatic carbocycles. The zero-order valence-electron chi connectivity index (χ0n) is 22.9. The Kier molecular flexibility index (Phi) is 8.08. The first kappa shape index (κ1) is 28.4. The fraction of sp³-hybridized carbons (Fsp3) is 0.500. The molecule has 3 aliphatic heterocycles. The predicted molar refractivity (Wildman–Crippen MR) is 151 cm³/mol. The highest BCUT2D eigenvalue weighted by Gasteiger charge is 2.75. The van der Waals surface area contributed by atoms with Crippen LogP contribution in [0.15, 0.2) is 48.5 Å². The molecule has 214 valence electrons. The topological polar surface area (TPSA) is 117 Å². The highest BCUT2D eigenvalue weighted by molar-refractivity contribution is 6.33.